The lowest BCUT2D eigenvalue weighted by Crippen LogP contribution is -2.20. The Morgan fingerprint density at radius 2 is 1.85 bits per heavy atom. The van der Waals surface area contributed by atoms with Gasteiger partial charge in [-0.15, -0.1) is 0 Å². The van der Waals surface area contributed by atoms with Crippen LogP contribution in [-0.4, -0.2) is 0 Å². The van der Waals surface area contributed by atoms with Crippen LogP contribution in [0.15, 0.2) is 85.3 Å². The first-order valence-corrected chi connectivity index (χ1v) is 6.76. The van der Waals surface area contributed by atoms with Crippen LogP contribution in [0.3, 0.4) is 0 Å². The van der Waals surface area contributed by atoms with Gasteiger partial charge in [0.05, 0.1) is 0 Å². The number of hydrogen-bond donors (Lipinski definition) is 0. The number of hydrogen-bond acceptors (Lipinski definition) is 1. The highest BCUT2D eigenvalue weighted by Gasteiger charge is 2.12. The molecule has 0 atom stereocenters. The molecular formula is C19H23N. The molecule has 0 aliphatic carbocycles. The Kier molecular flexibility index (Phi) is 6.31. The van der Waals surface area contributed by atoms with Gasteiger partial charge in [0.1, 0.15) is 0 Å². The van der Waals surface area contributed by atoms with E-state index in [9.17, 15) is 0 Å². The highest BCUT2D eigenvalue weighted by atomic mass is 15.1. The summed E-state index contributed by atoms with van der Waals surface area (Å²) in [5.74, 6) is 0. The first-order chi connectivity index (χ1) is 9.65. The predicted octanol–water partition coefficient (Wildman–Crippen LogP) is 5.54. The second-order valence-electron chi connectivity index (χ2n) is 4.49. The molecule has 0 unspecified atom stereocenters. The number of nitrogens with zero attached hydrogens (tertiary/aromatic N) is 1. The molecule has 0 spiro atoms. The SMILES string of the molecule is C=C/C=C(\C=C)N(/C(C)=C/C=C\C)c1ccccc1C. The molecule has 0 aliphatic rings. The lowest BCUT2D eigenvalue weighted by Gasteiger charge is -2.28. The summed E-state index contributed by atoms with van der Waals surface area (Å²) in [4.78, 5) is 2.18. The maximum absolute atomic E-state index is 3.92. The van der Waals surface area contributed by atoms with Crippen LogP contribution in [0.25, 0.3) is 0 Å². The minimum absolute atomic E-state index is 1.01. The quantitative estimate of drug-likeness (QED) is 0.611. The zero-order chi connectivity index (χ0) is 15.0. The fourth-order valence-electron chi connectivity index (χ4n) is 2.01. The maximum atomic E-state index is 3.92. The van der Waals surface area contributed by atoms with Gasteiger partial charge in [0.25, 0.3) is 0 Å². The first kappa shape index (κ1) is 15.8. The van der Waals surface area contributed by atoms with Gasteiger partial charge in [-0.1, -0.05) is 49.6 Å². The van der Waals surface area contributed by atoms with Crippen LogP contribution >= 0.6 is 0 Å². The summed E-state index contributed by atoms with van der Waals surface area (Å²) >= 11 is 0. The molecule has 0 aromatic heterocycles. The zero-order valence-electron chi connectivity index (χ0n) is 12.6. The Hall–Kier alpha value is -2.28. The van der Waals surface area contributed by atoms with Gasteiger partial charge in [-0.25, -0.2) is 0 Å². The van der Waals surface area contributed by atoms with Crippen LogP contribution in [-0.2, 0) is 0 Å². The third-order valence-electron chi connectivity index (χ3n) is 2.99. The zero-order valence-corrected chi connectivity index (χ0v) is 12.6. The topological polar surface area (TPSA) is 3.24 Å². The van der Waals surface area contributed by atoms with Crippen LogP contribution in [0.4, 0.5) is 5.69 Å². The normalized spacial score (nSPS) is 12.6. The van der Waals surface area contributed by atoms with Gasteiger partial charge in [-0.2, -0.15) is 0 Å². The van der Waals surface area contributed by atoms with Crippen molar-refractivity contribution in [1.82, 2.24) is 0 Å². The summed E-state index contributed by atoms with van der Waals surface area (Å²) < 4.78 is 0. The Labute approximate surface area is 122 Å². The number of rotatable bonds is 6. The standard InChI is InChI=1S/C19H23N/c1-6-9-14-17(5)20(18(8-3)12-7-2)19-15-11-10-13-16(19)4/h6-15H,2-3H2,1,4-5H3/b9-6-,17-14+,18-12+. The largest absolute Gasteiger partial charge is 0.314 e. The van der Waals surface area contributed by atoms with Gasteiger partial charge in [0.15, 0.2) is 0 Å². The highest BCUT2D eigenvalue weighted by Crippen LogP contribution is 2.28. The van der Waals surface area contributed by atoms with E-state index < -0.39 is 0 Å². The van der Waals surface area contributed by atoms with Crippen molar-refractivity contribution in [2.75, 3.05) is 4.90 Å². The van der Waals surface area contributed by atoms with Gasteiger partial charge in [-0.05, 0) is 50.6 Å². The van der Waals surface area contributed by atoms with E-state index in [-0.39, 0.29) is 0 Å². The molecule has 0 aliphatic heterocycles. The number of para-hydroxylation sites is 1. The van der Waals surface area contributed by atoms with E-state index in [2.05, 4.69) is 50.1 Å². The fraction of sp³-hybridized carbons (Fsp3) is 0.158. The van der Waals surface area contributed by atoms with E-state index >= 15 is 0 Å². The molecule has 1 rings (SSSR count). The number of anilines is 1. The lowest BCUT2D eigenvalue weighted by atomic mass is 10.1. The molecule has 0 amide bonds. The van der Waals surface area contributed by atoms with Crippen LogP contribution in [0.1, 0.15) is 19.4 Å². The maximum Gasteiger partial charge on any atom is 0.0487 e. The Morgan fingerprint density at radius 1 is 1.15 bits per heavy atom. The summed E-state index contributed by atoms with van der Waals surface area (Å²) in [5.41, 5.74) is 4.51. The summed E-state index contributed by atoms with van der Waals surface area (Å²) in [6, 6.07) is 8.32. The molecule has 0 fully saturated rings. The molecule has 0 bridgehead atoms. The third-order valence-corrected chi connectivity index (χ3v) is 2.99. The summed E-state index contributed by atoms with van der Waals surface area (Å²) in [7, 11) is 0. The molecule has 104 valence electrons. The highest BCUT2D eigenvalue weighted by molar-refractivity contribution is 5.64. The first-order valence-electron chi connectivity index (χ1n) is 6.76. The molecule has 0 saturated carbocycles. The minimum Gasteiger partial charge on any atom is -0.314 e. The molecule has 20 heavy (non-hydrogen) atoms. The van der Waals surface area contributed by atoms with Gasteiger partial charge in [0.2, 0.25) is 0 Å². The van der Waals surface area contributed by atoms with Crippen molar-refractivity contribution in [3.8, 4) is 0 Å². The smallest absolute Gasteiger partial charge is 0.0487 e. The van der Waals surface area contributed by atoms with Crippen LogP contribution in [0, 0.1) is 6.92 Å². The van der Waals surface area contributed by atoms with E-state index in [1.807, 2.05) is 43.4 Å². The molecular weight excluding hydrogens is 242 g/mol. The Morgan fingerprint density at radius 3 is 2.40 bits per heavy atom. The van der Waals surface area contributed by atoms with Gasteiger partial charge < -0.3 is 4.90 Å². The van der Waals surface area contributed by atoms with E-state index in [1.54, 1.807) is 6.08 Å². The van der Waals surface area contributed by atoms with Gasteiger partial charge >= 0.3 is 0 Å². The number of aryl methyl sites for hydroxylation is 1. The summed E-state index contributed by atoms with van der Waals surface area (Å²) in [6.07, 6.45) is 11.7. The monoisotopic (exact) mass is 265 g/mol. The average molecular weight is 265 g/mol. The fourth-order valence-corrected chi connectivity index (χ4v) is 2.01. The van der Waals surface area contributed by atoms with Crippen LogP contribution in [0.5, 0.6) is 0 Å². The number of benzene rings is 1. The second-order valence-corrected chi connectivity index (χ2v) is 4.49. The van der Waals surface area contributed by atoms with E-state index in [4.69, 9.17) is 0 Å². The number of allylic oxidation sites excluding steroid dienone is 7. The van der Waals surface area contributed by atoms with Crippen molar-refractivity contribution < 1.29 is 0 Å². The average Bonchev–Trinajstić information content (AvgIpc) is 2.46. The molecule has 1 nitrogen and oxygen atoms in total. The van der Waals surface area contributed by atoms with Crippen molar-refractivity contribution in [2.45, 2.75) is 20.8 Å². The van der Waals surface area contributed by atoms with Crippen molar-refractivity contribution in [2.24, 2.45) is 0 Å². The Balaban J connectivity index is 3.42. The van der Waals surface area contributed by atoms with Crippen LogP contribution < -0.4 is 4.90 Å². The lowest BCUT2D eigenvalue weighted by molar-refractivity contribution is 1.09. The van der Waals surface area contributed by atoms with Crippen molar-refractivity contribution in [1.29, 1.82) is 0 Å². The second kappa shape index (κ2) is 8.00. The van der Waals surface area contributed by atoms with E-state index in [0.29, 0.717) is 0 Å². The van der Waals surface area contributed by atoms with Gasteiger partial charge in [0, 0.05) is 17.1 Å². The molecule has 0 radical (unpaired) electrons. The Bertz CT molecular complexity index is 559. The van der Waals surface area contributed by atoms with Crippen molar-refractivity contribution >= 4 is 5.69 Å². The molecule has 0 N–H and O–H groups in total. The molecule has 1 heteroatoms. The van der Waals surface area contributed by atoms with E-state index in [0.717, 1.165) is 17.1 Å². The predicted molar refractivity (Wildman–Crippen MR) is 90.7 cm³/mol. The van der Waals surface area contributed by atoms with Crippen molar-refractivity contribution in [3.05, 3.63) is 90.8 Å². The minimum atomic E-state index is 1.01. The van der Waals surface area contributed by atoms with Crippen LogP contribution in [0.2, 0.25) is 0 Å². The van der Waals surface area contributed by atoms with E-state index in [1.165, 1.54) is 5.56 Å². The summed E-state index contributed by atoms with van der Waals surface area (Å²) in [6.45, 7) is 13.9. The van der Waals surface area contributed by atoms with Crippen molar-refractivity contribution in [3.63, 3.8) is 0 Å². The molecule has 0 saturated heterocycles. The molecule has 0 heterocycles. The van der Waals surface area contributed by atoms with Gasteiger partial charge in [-0.3, -0.25) is 0 Å². The molecule has 1 aromatic rings. The third kappa shape index (κ3) is 3.86. The summed E-state index contributed by atoms with van der Waals surface area (Å²) in [5, 5.41) is 0. The molecule has 1 aromatic carbocycles.